The van der Waals surface area contributed by atoms with Gasteiger partial charge >= 0.3 is 0 Å². The van der Waals surface area contributed by atoms with Gasteiger partial charge in [-0.05, 0) is 35.6 Å². The minimum absolute atomic E-state index is 0.130. The molecule has 0 aliphatic carbocycles. The van der Waals surface area contributed by atoms with Crippen LogP contribution in [0.1, 0.15) is 22.2 Å². The van der Waals surface area contributed by atoms with E-state index in [1.165, 1.54) is 16.9 Å². The number of H-pyrrole nitrogens is 1. The van der Waals surface area contributed by atoms with Crippen molar-refractivity contribution in [3.05, 3.63) is 57.0 Å². The van der Waals surface area contributed by atoms with E-state index >= 15 is 0 Å². The summed E-state index contributed by atoms with van der Waals surface area (Å²) in [7, 11) is 0. The van der Waals surface area contributed by atoms with E-state index in [1.54, 1.807) is 0 Å². The maximum Gasteiger partial charge on any atom is 0.264 e. The first-order valence-corrected chi connectivity index (χ1v) is 10.7. The molecule has 1 amide bonds. The van der Waals surface area contributed by atoms with Gasteiger partial charge in [0.1, 0.15) is 0 Å². The molecular formula is C20H23N5OS2. The van der Waals surface area contributed by atoms with E-state index in [0.717, 1.165) is 48.9 Å². The van der Waals surface area contributed by atoms with Gasteiger partial charge in [0.15, 0.2) is 5.82 Å². The maximum atomic E-state index is 12.5. The fourth-order valence-electron chi connectivity index (χ4n) is 3.33. The smallest absolute Gasteiger partial charge is 0.264 e. The van der Waals surface area contributed by atoms with Crippen molar-refractivity contribution in [2.75, 3.05) is 26.2 Å². The maximum absolute atomic E-state index is 12.5. The van der Waals surface area contributed by atoms with Crippen LogP contribution in [0.15, 0.2) is 41.8 Å². The molecule has 1 aliphatic heterocycles. The van der Waals surface area contributed by atoms with Gasteiger partial charge in [-0.2, -0.15) is 4.98 Å². The zero-order valence-corrected chi connectivity index (χ0v) is 17.4. The Hall–Kier alpha value is -2.29. The molecule has 4 rings (SSSR count). The van der Waals surface area contributed by atoms with Crippen molar-refractivity contribution in [2.45, 2.75) is 20.0 Å². The van der Waals surface area contributed by atoms with E-state index in [2.05, 4.69) is 46.2 Å². The molecule has 0 unspecified atom stereocenters. The molecule has 3 aromatic rings. The molecule has 0 spiro atoms. The number of hydrogen-bond acceptors (Lipinski definition) is 5. The fourth-order valence-corrected chi connectivity index (χ4v) is 4.21. The molecule has 0 saturated carbocycles. The van der Waals surface area contributed by atoms with Gasteiger partial charge in [0.25, 0.3) is 5.91 Å². The van der Waals surface area contributed by atoms with Gasteiger partial charge < -0.3 is 4.90 Å². The SMILES string of the molecule is CCc1ccc(-c2nc(=S)n(CN3CCN(C(=O)c4cccs4)CC3)[nH]2)cc1. The molecule has 1 N–H and O–H groups in total. The number of carbonyl (C=O) groups excluding carboxylic acids is 1. The van der Waals surface area contributed by atoms with Crippen LogP contribution >= 0.6 is 23.6 Å². The number of rotatable bonds is 5. The molecule has 3 heterocycles. The minimum Gasteiger partial charge on any atom is -0.335 e. The van der Waals surface area contributed by atoms with Gasteiger partial charge in [0.05, 0.1) is 11.5 Å². The summed E-state index contributed by atoms with van der Waals surface area (Å²) in [6.07, 6.45) is 1.02. The zero-order chi connectivity index (χ0) is 19.5. The quantitative estimate of drug-likeness (QED) is 0.649. The van der Waals surface area contributed by atoms with Gasteiger partial charge in [-0.15, -0.1) is 11.3 Å². The van der Waals surface area contributed by atoms with E-state index in [4.69, 9.17) is 12.2 Å². The predicted octanol–water partition coefficient (Wildman–Crippen LogP) is 3.65. The third-order valence-electron chi connectivity index (χ3n) is 5.05. The molecule has 2 aromatic heterocycles. The lowest BCUT2D eigenvalue weighted by atomic mass is 10.1. The number of amides is 1. The number of hydrogen-bond donors (Lipinski definition) is 1. The predicted molar refractivity (Wildman–Crippen MR) is 114 cm³/mol. The molecule has 1 saturated heterocycles. The van der Waals surface area contributed by atoms with Crippen LogP contribution in [0.5, 0.6) is 0 Å². The summed E-state index contributed by atoms with van der Waals surface area (Å²) in [5, 5.41) is 5.26. The van der Waals surface area contributed by atoms with Gasteiger partial charge in [0.2, 0.25) is 4.77 Å². The summed E-state index contributed by atoms with van der Waals surface area (Å²) in [5.41, 5.74) is 2.34. The molecule has 8 heteroatoms. The van der Waals surface area contributed by atoms with Crippen molar-refractivity contribution in [1.82, 2.24) is 24.6 Å². The number of thiophene rings is 1. The number of carbonyl (C=O) groups is 1. The second-order valence-corrected chi connectivity index (χ2v) is 8.18. The molecule has 0 atom stereocenters. The molecule has 28 heavy (non-hydrogen) atoms. The third kappa shape index (κ3) is 4.09. The Balaban J connectivity index is 1.38. The number of nitrogens with one attached hydrogen (secondary N) is 1. The largest absolute Gasteiger partial charge is 0.335 e. The van der Waals surface area contributed by atoms with E-state index in [9.17, 15) is 4.79 Å². The van der Waals surface area contributed by atoms with Gasteiger partial charge in [-0.3, -0.25) is 14.8 Å². The first-order valence-electron chi connectivity index (χ1n) is 9.45. The fraction of sp³-hybridized carbons (Fsp3) is 0.350. The van der Waals surface area contributed by atoms with Gasteiger partial charge in [-0.25, -0.2) is 4.68 Å². The van der Waals surface area contributed by atoms with Crippen molar-refractivity contribution in [3.8, 4) is 11.4 Å². The van der Waals surface area contributed by atoms with Crippen molar-refractivity contribution in [3.63, 3.8) is 0 Å². The van der Waals surface area contributed by atoms with Crippen molar-refractivity contribution < 1.29 is 4.79 Å². The Morgan fingerprint density at radius 2 is 1.93 bits per heavy atom. The van der Waals surface area contributed by atoms with E-state index < -0.39 is 0 Å². The highest BCUT2D eigenvalue weighted by Gasteiger charge is 2.23. The third-order valence-corrected chi connectivity index (χ3v) is 6.22. The van der Waals surface area contributed by atoms with E-state index in [0.29, 0.717) is 11.4 Å². The molecule has 6 nitrogen and oxygen atoms in total. The van der Waals surface area contributed by atoms with E-state index in [1.807, 2.05) is 27.1 Å². The van der Waals surface area contributed by atoms with Gasteiger partial charge in [0, 0.05) is 31.7 Å². The van der Waals surface area contributed by atoms with Crippen molar-refractivity contribution in [1.29, 1.82) is 0 Å². The highest BCUT2D eigenvalue weighted by molar-refractivity contribution is 7.71. The summed E-state index contributed by atoms with van der Waals surface area (Å²) in [4.78, 5) is 22.0. The summed E-state index contributed by atoms with van der Waals surface area (Å²) >= 11 is 6.94. The zero-order valence-electron chi connectivity index (χ0n) is 15.8. The summed E-state index contributed by atoms with van der Waals surface area (Å²) < 4.78 is 2.45. The Kier molecular flexibility index (Phi) is 5.70. The van der Waals surface area contributed by atoms with Crippen LogP contribution in [0.25, 0.3) is 11.4 Å². The average molecular weight is 414 g/mol. The van der Waals surface area contributed by atoms with Gasteiger partial charge in [-0.1, -0.05) is 37.3 Å². The van der Waals surface area contributed by atoms with Crippen LogP contribution in [0, 0.1) is 4.77 Å². The molecule has 146 valence electrons. The minimum atomic E-state index is 0.130. The number of piperazine rings is 1. The van der Waals surface area contributed by atoms with Crippen LogP contribution in [0.3, 0.4) is 0 Å². The highest BCUT2D eigenvalue weighted by Crippen LogP contribution is 2.17. The lowest BCUT2D eigenvalue weighted by molar-refractivity contribution is 0.0590. The summed E-state index contributed by atoms with van der Waals surface area (Å²) in [6, 6.07) is 12.2. The standard InChI is InChI=1S/C20H23N5OS2/c1-2-15-5-7-16(8-6-15)18-21-20(27)25(22-18)14-23-9-11-24(12-10-23)19(26)17-4-3-13-28-17/h3-8,13H,2,9-12,14H2,1H3,(H,21,22,27). The monoisotopic (exact) mass is 413 g/mol. The molecular weight excluding hydrogens is 390 g/mol. The molecule has 1 fully saturated rings. The van der Waals surface area contributed by atoms with Crippen LogP contribution in [-0.2, 0) is 13.1 Å². The number of aromatic amines is 1. The Labute approximate surface area is 173 Å². The van der Waals surface area contributed by atoms with Crippen LogP contribution in [-0.4, -0.2) is 56.7 Å². The molecule has 1 aliphatic rings. The topological polar surface area (TPSA) is 57.2 Å². The number of aromatic nitrogens is 3. The number of aryl methyl sites for hydroxylation is 1. The van der Waals surface area contributed by atoms with E-state index in [-0.39, 0.29) is 5.91 Å². The lowest BCUT2D eigenvalue weighted by Crippen LogP contribution is -2.48. The lowest BCUT2D eigenvalue weighted by Gasteiger charge is -2.34. The van der Waals surface area contributed by atoms with Crippen molar-refractivity contribution in [2.24, 2.45) is 0 Å². The Morgan fingerprint density at radius 1 is 1.18 bits per heavy atom. The average Bonchev–Trinajstić information content (AvgIpc) is 3.39. The second-order valence-electron chi connectivity index (χ2n) is 6.86. The molecule has 1 aromatic carbocycles. The normalized spacial score (nSPS) is 15.1. The number of nitrogens with zero attached hydrogens (tertiary/aromatic N) is 4. The summed E-state index contributed by atoms with van der Waals surface area (Å²) in [5.74, 6) is 0.921. The second kappa shape index (κ2) is 8.38. The Morgan fingerprint density at radius 3 is 2.57 bits per heavy atom. The summed E-state index contributed by atoms with van der Waals surface area (Å²) in [6.45, 7) is 5.88. The highest BCUT2D eigenvalue weighted by atomic mass is 32.1. The van der Waals surface area contributed by atoms with Crippen LogP contribution in [0.2, 0.25) is 0 Å². The first kappa shape index (κ1) is 19.0. The Bertz CT molecular complexity index is 983. The van der Waals surface area contributed by atoms with Crippen LogP contribution in [0.4, 0.5) is 0 Å². The molecule has 0 bridgehead atoms. The molecule has 0 radical (unpaired) electrons. The van der Waals surface area contributed by atoms with Crippen LogP contribution < -0.4 is 0 Å². The number of benzene rings is 1. The van der Waals surface area contributed by atoms with Crippen molar-refractivity contribution >= 4 is 29.5 Å². The first-order chi connectivity index (χ1) is 13.6.